The molecule has 1 aromatic heterocycles. The van der Waals surface area contributed by atoms with Crippen molar-refractivity contribution in [2.45, 2.75) is 13.5 Å². The van der Waals surface area contributed by atoms with Crippen molar-refractivity contribution in [3.8, 4) is 11.4 Å². The number of amides is 1. The Bertz CT molecular complexity index is 847. The highest BCUT2D eigenvalue weighted by Gasteiger charge is 2.28. The van der Waals surface area contributed by atoms with Crippen LogP contribution in [-0.2, 0) is 11.3 Å². The first-order valence-electron chi connectivity index (χ1n) is 8.73. The number of aromatic amines is 1. The fourth-order valence-corrected chi connectivity index (χ4v) is 3.10. The lowest BCUT2D eigenvalue weighted by Crippen LogP contribution is -2.49. The summed E-state index contributed by atoms with van der Waals surface area (Å²) < 4.78 is 0. The minimum absolute atomic E-state index is 0.0658. The Morgan fingerprint density at radius 2 is 1.96 bits per heavy atom. The lowest BCUT2D eigenvalue weighted by Gasteiger charge is -2.31. The van der Waals surface area contributed by atoms with Crippen LogP contribution in [-0.4, -0.2) is 29.0 Å². The second-order valence-corrected chi connectivity index (χ2v) is 6.72. The second-order valence-electron chi connectivity index (χ2n) is 6.72. The molecule has 1 amide bonds. The van der Waals surface area contributed by atoms with Crippen LogP contribution in [0.25, 0.3) is 22.4 Å². The number of aromatic nitrogens is 2. The van der Waals surface area contributed by atoms with Crippen LogP contribution in [0.2, 0.25) is 0 Å². The van der Waals surface area contributed by atoms with Crippen molar-refractivity contribution < 1.29 is 4.79 Å². The summed E-state index contributed by atoms with van der Waals surface area (Å²) in [5.74, 6) is 1.53. The molecular weight excluding hydrogens is 312 g/mol. The molecule has 5 nitrogen and oxygen atoms in total. The molecule has 0 radical (unpaired) electrons. The molecule has 0 saturated carbocycles. The van der Waals surface area contributed by atoms with E-state index in [0.29, 0.717) is 12.5 Å². The molecule has 3 aromatic rings. The highest BCUT2D eigenvalue weighted by molar-refractivity contribution is 5.79. The number of imidazole rings is 1. The number of H-pyrrole nitrogens is 1. The summed E-state index contributed by atoms with van der Waals surface area (Å²) in [4.78, 5) is 20.1. The van der Waals surface area contributed by atoms with Gasteiger partial charge in [0.25, 0.3) is 0 Å². The molecule has 0 bridgehead atoms. The Kier molecular flexibility index (Phi) is 4.24. The SMILES string of the molecule is CC(C(=O)NCc1ccc(-c2nc3ccccc3[nH]2)cc1)C1CNC1. The minimum atomic E-state index is 0.0658. The van der Waals surface area contributed by atoms with Gasteiger partial charge in [0, 0.05) is 18.0 Å². The smallest absolute Gasteiger partial charge is 0.223 e. The first kappa shape index (κ1) is 15.8. The van der Waals surface area contributed by atoms with Crippen molar-refractivity contribution in [1.29, 1.82) is 0 Å². The third-order valence-corrected chi connectivity index (χ3v) is 5.02. The van der Waals surface area contributed by atoms with E-state index >= 15 is 0 Å². The maximum atomic E-state index is 12.2. The van der Waals surface area contributed by atoms with Crippen LogP contribution in [0.5, 0.6) is 0 Å². The van der Waals surface area contributed by atoms with E-state index in [1.165, 1.54) is 0 Å². The Morgan fingerprint density at radius 3 is 2.64 bits per heavy atom. The van der Waals surface area contributed by atoms with E-state index in [-0.39, 0.29) is 11.8 Å². The maximum absolute atomic E-state index is 12.2. The van der Waals surface area contributed by atoms with Gasteiger partial charge in [0.2, 0.25) is 5.91 Å². The van der Waals surface area contributed by atoms with Crippen LogP contribution in [0, 0.1) is 11.8 Å². The van der Waals surface area contributed by atoms with Gasteiger partial charge < -0.3 is 15.6 Å². The van der Waals surface area contributed by atoms with E-state index in [9.17, 15) is 4.79 Å². The summed E-state index contributed by atoms with van der Waals surface area (Å²) in [5.41, 5.74) is 4.13. The Hall–Kier alpha value is -2.66. The molecule has 2 aromatic carbocycles. The molecule has 1 unspecified atom stereocenters. The van der Waals surface area contributed by atoms with Crippen molar-refractivity contribution in [2.24, 2.45) is 11.8 Å². The number of rotatable bonds is 5. The largest absolute Gasteiger partial charge is 0.352 e. The van der Waals surface area contributed by atoms with Crippen molar-refractivity contribution in [2.75, 3.05) is 13.1 Å². The normalized spacial score (nSPS) is 15.7. The molecule has 1 fully saturated rings. The second kappa shape index (κ2) is 6.69. The molecule has 2 heterocycles. The summed E-state index contributed by atoms with van der Waals surface area (Å²) in [6, 6.07) is 16.2. The molecule has 1 aliphatic heterocycles. The van der Waals surface area contributed by atoms with Crippen molar-refractivity contribution >= 4 is 16.9 Å². The molecule has 0 spiro atoms. The molecule has 128 valence electrons. The number of nitrogens with one attached hydrogen (secondary N) is 3. The van der Waals surface area contributed by atoms with Gasteiger partial charge in [0.1, 0.15) is 5.82 Å². The topological polar surface area (TPSA) is 69.8 Å². The van der Waals surface area contributed by atoms with Gasteiger partial charge in [-0.3, -0.25) is 4.79 Å². The van der Waals surface area contributed by atoms with Gasteiger partial charge in [-0.15, -0.1) is 0 Å². The van der Waals surface area contributed by atoms with Gasteiger partial charge in [-0.05, 0) is 36.7 Å². The average molecular weight is 334 g/mol. The third kappa shape index (κ3) is 3.28. The summed E-state index contributed by atoms with van der Waals surface area (Å²) in [6.45, 7) is 4.46. The summed E-state index contributed by atoms with van der Waals surface area (Å²) in [6.07, 6.45) is 0. The zero-order chi connectivity index (χ0) is 17.2. The summed E-state index contributed by atoms with van der Waals surface area (Å²) in [7, 11) is 0. The van der Waals surface area contributed by atoms with Gasteiger partial charge in [0.15, 0.2) is 0 Å². The van der Waals surface area contributed by atoms with Crippen molar-refractivity contribution in [3.05, 3.63) is 54.1 Å². The van der Waals surface area contributed by atoms with E-state index in [2.05, 4.69) is 20.6 Å². The van der Waals surface area contributed by atoms with Gasteiger partial charge in [-0.1, -0.05) is 43.3 Å². The fourth-order valence-electron chi connectivity index (χ4n) is 3.10. The number of hydrogen-bond acceptors (Lipinski definition) is 3. The van der Waals surface area contributed by atoms with E-state index in [4.69, 9.17) is 0 Å². The molecule has 25 heavy (non-hydrogen) atoms. The summed E-state index contributed by atoms with van der Waals surface area (Å²) >= 11 is 0. The number of nitrogens with zero attached hydrogens (tertiary/aromatic N) is 1. The average Bonchev–Trinajstić information content (AvgIpc) is 3.02. The number of benzene rings is 2. The van der Waals surface area contributed by atoms with Crippen molar-refractivity contribution in [1.82, 2.24) is 20.6 Å². The third-order valence-electron chi connectivity index (χ3n) is 5.02. The van der Waals surface area contributed by atoms with E-state index in [0.717, 1.165) is 41.1 Å². The molecule has 0 aliphatic carbocycles. The Balaban J connectivity index is 1.40. The summed E-state index contributed by atoms with van der Waals surface area (Å²) in [5, 5.41) is 6.25. The molecular formula is C20H22N4O. The van der Waals surface area contributed by atoms with Crippen LogP contribution in [0.15, 0.2) is 48.5 Å². The van der Waals surface area contributed by atoms with E-state index in [1.807, 2.05) is 55.5 Å². The van der Waals surface area contributed by atoms with Gasteiger partial charge in [0.05, 0.1) is 11.0 Å². The first-order valence-corrected chi connectivity index (χ1v) is 8.73. The van der Waals surface area contributed by atoms with Gasteiger partial charge in [-0.25, -0.2) is 4.98 Å². The number of carbonyl (C=O) groups is 1. The standard InChI is InChI=1S/C20H22N4O/c1-13(16-11-21-12-16)20(25)22-10-14-6-8-15(9-7-14)19-23-17-4-2-3-5-18(17)24-19/h2-9,13,16,21H,10-12H2,1H3,(H,22,25)(H,23,24). The lowest BCUT2D eigenvalue weighted by atomic mass is 9.88. The van der Waals surface area contributed by atoms with Crippen LogP contribution in [0.3, 0.4) is 0 Å². The fraction of sp³-hybridized carbons (Fsp3) is 0.300. The minimum Gasteiger partial charge on any atom is -0.352 e. The quantitative estimate of drug-likeness (QED) is 0.672. The first-order chi connectivity index (χ1) is 12.2. The number of para-hydroxylation sites is 2. The Labute approximate surface area is 146 Å². The highest BCUT2D eigenvalue weighted by atomic mass is 16.1. The molecule has 1 saturated heterocycles. The molecule has 1 atom stereocenters. The number of hydrogen-bond donors (Lipinski definition) is 3. The zero-order valence-corrected chi connectivity index (χ0v) is 14.3. The van der Waals surface area contributed by atoms with E-state index in [1.54, 1.807) is 0 Å². The van der Waals surface area contributed by atoms with Crippen molar-refractivity contribution in [3.63, 3.8) is 0 Å². The number of fused-ring (bicyclic) bond motifs is 1. The van der Waals surface area contributed by atoms with Crippen LogP contribution in [0.4, 0.5) is 0 Å². The maximum Gasteiger partial charge on any atom is 0.223 e. The number of carbonyl (C=O) groups excluding carboxylic acids is 1. The van der Waals surface area contributed by atoms with Gasteiger partial charge >= 0.3 is 0 Å². The van der Waals surface area contributed by atoms with E-state index < -0.39 is 0 Å². The lowest BCUT2D eigenvalue weighted by molar-refractivity contribution is -0.126. The molecule has 4 rings (SSSR count). The monoisotopic (exact) mass is 334 g/mol. The van der Waals surface area contributed by atoms with Crippen LogP contribution >= 0.6 is 0 Å². The predicted molar refractivity (Wildman–Crippen MR) is 98.9 cm³/mol. The zero-order valence-electron chi connectivity index (χ0n) is 14.3. The Morgan fingerprint density at radius 1 is 1.20 bits per heavy atom. The van der Waals surface area contributed by atoms with Crippen LogP contribution < -0.4 is 10.6 Å². The molecule has 3 N–H and O–H groups in total. The molecule has 1 aliphatic rings. The molecule has 5 heteroatoms. The predicted octanol–water partition coefficient (Wildman–Crippen LogP) is 2.70. The van der Waals surface area contributed by atoms with Gasteiger partial charge in [-0.2, -0.15) is 0 Å². The van der Waals surface area contributed by atoms with Crippen LogP contribution in [0.1, 0.15) is 12.5 Å². The highest BCUT2D eigenvalue weighted by Crippen LogP contribution is 2.21.